The topological polar surface area (TPSA) is 127 Å². The number of carboxylic acid groups (broad SMARTS) is 1. The van der Waals surface area contributed by atoms with Crippen molar-refractivity contribution < 1.29 is 24.2 Å². The number of carboxylic acids is 1. The SMILES string of the molecule is O=C(C[C@]1(C(=O)O)CC(c2ccccc2Cl)=NO1)Nc1cccc2nonc12. The van der Waals surface area contributed by atoms with E-state index in [9.17, 15) is 14.7 Å². The summed E-state index contributed by atoms with van der Waals surface area (Å²) in [5.41, 5.74) is 0.284. The van der Waals surface area contributed by atoms with Crippen LogP contribution in [0.1, 0.15) is 18.4 Å². The number of nitrogens with one attached hydrogen (secondary N) is 1. The number of carbonyl (C=O) groups excluding carboxylic acids is 1. The van der Waals surface area contributed by atoms with Crippen molar-refractivity contribution in [2.45, 2.75) is 18.4 Å². The van der Waals surface area contributed by atoms with Crippen LogP contribution >= 0.6 is 11.6 Å². The number of aliphatic carboxylic acids is 1. The quantitative estimate of drug-likeness (QED) is 0.674. The Morgan fingerprint density at radius 3 is 2.79 bits per heavy atom. The van der Waals surface area contributed by atoms with Crippen LogP contribution in [0.25, 0.3) is 11.0 Å². The predicted octanol–water partition coefficient (Wildman–Crippen LogP) is 2.85. The second kappa shape index (κ2) is 6.93. The molecule has 0 fully saturated rings. The largest absolute Gasteiger partial charge is 0.478 e. The van der Waals surface area contributed by atoms with E-state index < -0.39 is 23.9 Å². The molecule has 0 saturated heterocycles. The second-order valence-electron chi connectivity index (χ2n) is 6.25. The Labute approximate surface area is 162 Å². The number of nitrogens with zero attached hydrogens (tertiary/aromatic N) is 3. The number of oxime groups is 1. The van der Waals surface area contributed by atoms with Crippen LogP contribution in [0.3, 0.4) is 0 Å². The standard InChI is InChI=1S/C18H13ClN4O5/c19-11-5-2-1-4-10(11)14-8-18(17(25)26,27-21-14)9-15(24)20-12-6-3-7-13-16(12)23-28-22-13/h1-7H,8-9H2,(H,20,24)(H,25,26)/t18-/m0/s1. The molecule has 0 saturated carbocycles. The molecule has 0 unspecified atom stereocenters. The fourth-order valence-corrected chi connectivity index (χ4v) is 3.21. The Balaban J connectivity index is 1.53. The smallest absolute Gasteiger partial charge is 0.351 e. The molecule has 4 rings (SSSR count). The van der Waals surface area contributed by atoms with E-state index in [1.807, 2.05) is 0 Å². The number of fused-ring (bicyclic) bond motifs is 1. The lowest BCUT2D eigenvalue weighted by Crippen LogP contribution is -2.42. The Morgan fingerprint density at radius 1 is 1.18 bits per heavy atom. The van der Waals surface area contributed by atoms with Gasteiger partial charge in [-0.1, -0.05) is 41.0 Å². The van der Waals surface area contributed by atoms with Crippen molar-refractivity contribution >= 4 is 45.9 Å². The first-order chi connectivity index (χ1) is 13.5. The minimum atomic E-state index is -1.82. The van der Waals surface area contributed by atoms with Gasteiger partial charge in [0.05, 0.1) is 17.8 Å². The van der Waals surface area contributed by atoms with Crippen molar-refractivity contribution in [3.8, 4) is 0 Å². The molecule has 2 N–H and O–H groups in total. The average Bonchev–Trinajstić information content (AvgIpc) is 3.30. The summed E-state index contributed by atoms with van der Waals surface area (Å²) in [6.07, 6.45) is -0.559. The van der Waals surface area contributed by atoms with Crippen molar-refractivity contribution in [3.63, 3.8) is 0 Å². The third kappa shape index (κ3) is 3.16. The van der Waals surface area contributed by atoms with Gasteiger partial charge in [-0.25, -0.2) is 9.42 Å². The number of halogens is 1. The predicted molar refractivity (Wildman–Crippen MR) is 99.1 cm³/mol. The van der Waals surface area contributed by atoms with Crippen LogP contribution in [-0.2, 0) is 14.4 Å². The molecule has 3 aromatic rings. The molecule has 28 heavy (non-hydrogen) atoms. The third-order valence-corrected chi connectivity index (χ3v) is 4.69. The van der Waals surface area contributed by atoms with Crippen LogP contribution in [0.2, 0.25) is 5.02 Å². The number of benzene rings is 2. The van der Waals surface area contributed by atoms with E-state index in [0.717, 1.165) is 0 Å². The van der Waals surface area contributed by atoms with Crippen LogP contribution in [0.15, 0.2) is 52.2 Å². The number of rotatable bonds is 5. The van der Waals surface area contributed by atoms with E-state index in [1.54, 1.807) is 42.5 Å². The molecular weight excluding hydrogens is 388 g/mol. The highest BCUT2D eigenvalue weighted by Crippen LogP contribution is 2.33. The Hall–Kier alpha value is -3.46. The summed E-state index contributed by atoms with van der Waals surface area (Å²) in [5.74, 6) is -1.87. The summed E-state index contributed by atoms with van der Waals surface area (Å²) < 4.78 is 4.65. The minimum absolute atomic E-state index is 0.102. The van der Waals surface area contributed by atoms with Gasteiger partial charge >= 0.3 is 5.97 Å². The molecule has 0 bridgehead atoms. The molecule has 0 spiro atoms. The summed E-state index contributed by atoms with van der Waals surface area (Å²) in [6.45, 7) is 0. The van der Waals surface area contributed by atoms with Gasteiger partial charge < -0.3 is 15.3 Å². The van der Waals surface area contributed by atoms with Gasteiger partial charge in [-0.3, -0.25) is 4.79 Å². The van der Waals surface area contributed by atoms with Gasteiger partial charge in [-0.05, 0) is 28.5 Å². The molecule has 0 aliphatic carbocycles. The molecule has 1 atom stereocenters. The van der Waals surface area contributed by atoms with Crippen LogP contribution in [-0.4, -0.2) is 38.6 Å². The van der Waals surface area contributed by atoms with Crippen molar-refractivity contribution in [1.29, 1.82) is 0 Å². The molecule has 9 nitrogen and oxygen atoms in total. The molecule has 142 valence electrons. The van der Waals surface area contributed by atoms with E-state index in [0.29, 0.717) is 33.0 Å². The first-order valence-electron chi connectivity index (χ1n) is 8.23. The summed E-state index contributed by atoms with van der Waals surface area (Å²) >= 11 is 6.15. The highest BCUT2D eigenvalue weighted by atomic mass is 35.5. The lowest BCUT2D eigenvalue weighted by Gasteiger charge is -2.21. The summed E-state index contributed by atoms with van der Waals surface area (Å²) in [7, 11) is 0. The summed E-state index contributed by atoms with van der Waals surface area (Å²) in [5, 5.41) is 24.0. The van der Waals surface area contributed by atoms with Crippen molar-refractivity contribution in [2.24, 2.45) is 5.16 Å². The molecule has 10 heteroatoms. The van der Waals surface area contributed by atoms with E-state index >= 15 is 0 Å². The minimum Gasteiger partial charge on any atom is -0.478 e. The third-order valence-electron chi connectivity index (χ3n) is 4.36. The molecule has 2 aromatic carbocycles. The van der Waals surface area contributed by atoms with Gasteiger partial charge in [-0.2, -0.15) is 0 Å². The number of aromatic nitrogens is 2. The van der Waals surface area contributed by atoms with Gasteiger partial charge in [0, 0.05) is 17.0 Å². The maximum Gasteiger partial charge on any atom is 0.351 e. The molecular formula is C18H13ClN4O5. The van der Waals surface area contributed by atoms with Gasteiger partial charge in [0.25, 0.3) is 0 Å². The molecule has 1 amide bonds. The maximum atomic E-state index is 12.5. The van der Waals surface area contributed by atoms with Gasteiger partial charge in [0.15, 0.2) is 5.52 Å². The second-order valence-corrected chi connectivity index (χ2v) is 6.66. The Morgan fingerprint density at radius 2 is 2.00 bits per heavy atom. The van der Waals surface area contributed by atoms with E-state index in [4.69, 9.17) is 16.4 Å². The highest BCUT2D eigenvalue weighted by Gasteiger charge is 2.49. The van der Waals surface area contributed by atoms with E-state index in [-0.39, 0.29) is 6.42 Å². The number of hydrogen-bond donors (Lipinski definition) is 2. The number of carbonyl (C=O) groups is 2. The van der Waals surface area contributed by atoms with E-state index in [2.05, 4.69) is 25.4 Å². The number of anilines is 1. The van der Waals surface area contributed by atoms with Gasteiger partial charge in [0.1, 0.15) is 5.52 Å². The zero-order chi connectivity index (χ0) is 19.7. The fourth-order valence-electron chi connectivity index (χ4n) is 2.96. The Kier molecular flexibility index (Phi) is 4.44. The molecule has 1 aliphatic heterocycles. The normalized spacial score (nSPS) is 18.5. The maximum absolute atomic E-state index is 12.5. The van der Waals surface area contributed by atoms with Crippen molar-refractivity contribution in [2.75, 3.05) is 5.32 Å². The van der Waals surface area contributed by atoms with Gasteiger partial charge in [0.2, 0.25) is 11.5 Å². The zero-order valence-electron chi connectivity index (χ0n) is 14.3. The Bertz CT molecular complexity index is 1110. The molecule has 1 aromatic heterocycles. The van der Waals surface area contributed by atoms with Crippen LogP contribution in [0, 0.1) is 0 Å². The summed E-state index contributed by atoms with van der Waals surface area (Å²) in [6, 6.07) is 11.8. The van der Waals surface area contributed by atoms with Crippen LogP contribution in [0.5, 0.6) is 0 Å². The monoisotopic (exact) mass is 400 g/mol. The first kappa shape index (κ1) is 17.9. The van der Waals surface area contributed by atoms with Crippen LogP contribution in [0.4, 0.5) is 5.69 Å². The lowest BCUT2D eigenvalue weighted by molar-refractivity contribution is -0.165. The number of amides is 1. The fraction of sp³-hybridized carbons (Fsp3) is 0.167. The molecule has 0 radical (unpaired) electrons. The average molecular weight is 401 g/mol. The van der Waals surface area contributed by atoms with Crippen molar-refractivity contribution in [1.82, 2.24) is 10.3 Å². The first-order valence-corrected chi connectivity index (χ1v) is 8.61. The number of hydrogen-bond acceptors (Lipinski definition) is 7. The molecule has 1 aliphatic rings. The lowest BCUT2D eigenvalue weighted by atomic mass is 9.90. The zero-order valence-corrected chi connectivity index (χ0v) is 15.0. The van der Waals surface area contributed by atoms with Gasteiger partial charge in [-0.15, -0.1) is 0 Å². The highest BCUT2D eigenvalue weighted by molar-refractivity contribution is 6.34. The summed E-state index contributed by atoms with van der Waals surface area (Å²) in [4.78, 5) is 29.7. The van der Waals surface area contributed by atoms with E-state index in [1.165, 1.54) is 0 Å². The molecule has 2 heterocycles. The van der Waals surface area contributed by atoms with Crippen molar-refractivity contribution in [3.05, 3.63) is 53.1 Å². The van der Waals surface area contributed by atoms with Crippen LogP contribution < -0.4 is 5.32 Å².